The summed E-state index contributed by atoms with van der Waals surface area (Å²) in [4.78, 5) is 11.4. The van der Waals surface area contributed by atoms with Crippen LogP contribution in [0.2, 0.25) is 0 Å². The molecule has 2 aromatic rings. The fourth-order valence-corrected chi connectivity index (χ4v) is 1.65. The number of ether oxygens (including phenoxy) is 1. The number of H-pyrrole nitrogens is 1. The van der Waals surface area contributed by atoms with Crippen LogP contribution in [-0.2, 0) is 11.3 Å². The van der Waals surface area contributed by atoms with Crippen LogP contribution in [0.1, 0.15) is 21.6 Å². The number of carbonyl (C=O) groups excluding carboxylic acids is 1. The van der Waals surface area contributed by atoms with Crippen LogP contribution >= 0.6 is 0 Å². The molecule has 0 bridgehead atoms. The maximum absolute atomic E-state index is 13.6. The zero-order chi connectivity index (χ0) is 13.8. The number of esters is 1. The summed E-state index contributed by atoms with van der Waals surface area (Å²) in [6.45, 7) is 2.30. The largest absolute Gasteiger partial charge is 0.465 e. The molecule has 6 heteroatoms. The lowest BCUT2D eigenvalue weighted by molar-refractivity contribution is 0.0600. The number of carbonyl (C=O) groups is 1. The molecule has 1 heterocycles. The smallest absolute Gasteiger partial charge is 0.337 e. The zero-order valence-electron chi connectivity index (χ0n) is 10.7. The Kier molecular flexibility index (Phi) is 3.79. The first kappa shape index (κ1) is 13.1. The predicted octanol–water partition coefficient (Wildman–Crippen LogP) is 2.26. The molecule has 2 N–H and O–H groups in total. The van der Waals surface area contributed by atoms with Crippen molar-refractivity contribution in [2.24, 2.45) is 0 Å². The first-order chi connectivity index (χ1) is 9.11. The summed E-state index contributed by atoms with van der Waals surface area (Å²) in [5.74, 6) is -0.920. The molecule has 0 fully saturated rings. The van der Waals surface area contributed by atoms with Crippen molar-refractivity contribution in [3.05, 3.63) is 47.0 Å². The molecule has 19 heavy (non-hydrogen) atoms. The van der Waals surface area contributed by atoms with Gasteiger partial charge in [-0.2, -0.15) is 5.10 Å². The van der Waals surface area contributed by atoms with Crippen molar-refractivity contribution in [3.8, 4) is 0 Å². The van der Waals surface area contributed by atoms with Gasteiger partial charge in [-0.1, -0.05) is 0 Å². The Morgan fingerprint density at radius 2 is 2.32 bits per heavy atom. The normalized spacial score (nSPS) is 10.3. The third-order valence-corrected chi connectivity index (χ3v) is 2.79. The molecule has 0 saturated carbocycles. The lowest BCUT2D eigenvalue weighted by atomic mass is 10.2. The summed E-state index contributed by atoms with van der Waals surface area (Å²) in [6, 6.07) is 4.04. The number of aryl methyl sites for hydroxylation is 1. The Morgan fingerprint density at radius 1 is 1.53 bits per heavy atom. The number of hydrogen-bond acceptors (Lipinski definition) is 4. The van der Waals surface area contributed by atoms with Crippen LogP contribution in [0.15, 0.2) is 24.4 Å². The third-order valence-electron chi connectivity index (χ3n) is 2.79. The molecule has 5 nitrogen and oxygen atoms in total. The van der Waals surface area contributed by atoms with E-state index in [1.807, 2.05) is 6.92 Å². The van der Waals surface area contributed by atoms with Crippen molar-refractivity contribution in [1.82, 2.24) is 10.2 Å². The van der Waals surface area contributed by atoms with Crippen molar-refractivity contribution >= 4 is 11.7 Å². The van der Waals surface area contributed by atoms with Crippen molar-refractivity contribution in [1.29, 1.82) is 0 Å². The van der Waals surface area contributed by atoms with E-state index in [4.69, 9.17) is 0 Å². The summed E-state index contributed by atoms with van der Waals surface area (Å²) in [5.41, 5.74) is 2.40. The highest BCUT2D eigenvalue weighted by Crippen LogP contribution is 2.18. The van der Waals surface area contributed by atoms with Crippen LogP contribution in [-0.4, -0.2) is 23.3 Å². The average molecular weight is 263 g/mol. The number of aromatic nitrogens is 2. The second-order valence-electron chi connectivity index (χ2n) is 4.06. The fourth-order valence-electron chi connectivity index (χ4n) is 1.65. The molecule has 0 radical (unpaired) electrons. The molecule has 0 saturated heterocycles. The van der Waals surface area contributed by atoms with Gasteiger partial charge in [0.15, 0.2) is 0 Å². The average Bonchev–Trinajstić information content (AvgIpc) is 2.82. The van der Waals surface area contributed by atoms with Crippen molar-refractivity contribution in [2.45, 2.75) is 13.5 Å². The molecule has 0 atom stereocenters. The minimum absolute atomic E-state index is 0.253. The second-order valence-corrected chi connectivity index (χ2v) is 4.06. The molecule has 0 amide bonds. The fraction of sp³-hybridized carbons (Fsp3) is 0.231. The van der Waals surface area contributed by atoms with E-state index in [-0.39, 0.29) is 5.69 Å². The van der Waals surface area contributed by atoms with E-state index < -0.39 is 11.8 Å². The molecule has 1 aromatic carbocycles. The summed E-state index contributed by atoms with van der Waals surface area (Å²) in [6.07, 6.45) is 1.67. The molecular formula is C13H14FN3O2. The topological polar surface area (TPSA) is 67.0 Å². The molecule has 2 rings (SSSR count). The summed E-state index contributed by atoms with van der Waals surface area (Å²) >= 11 is 0. The van der Waals surface area contributed by atoms with E-state index in [0.29, 0.717) is 12.1 Å². The van der Waals surface area contributed by atoms with Crippen molar-refractivity contribution < 1.29 is 13.9 Å². The van der Waals surface area contributed by atoms with E-state index in [1.54, 1.807) is 6.20 Å². The second kappa shape index (κ2) is 5.51. The molecule has 0 spiro atoms. The minimum atomic E-state index is -0.498. The molecule has 0 aliphatic heterocycles. The number of nitrogens with zero attached hydrogens (tertiary/aromatic N) is 1. The van der Waals surface area contributed by atoms with Crippen LogP contribution < -0.4 is 5.32 Å². The third kappa shape index (κ3) is 2.90. The standard InChI is InChI=1S/C13H14FN3O2/c1-8-10(7-16-17-8)6-15-12-5-9(13(18)19-2)3-4-11(12)14/h3-5,7,15H,6H2,1-2H3,(H,16,17). The van der Waals surface area contributed by atoms with Crippen LogP contribution in [0, 0.1) is 12.7 Å². The number of halogens is 1. The number of nitrogens with one attached hydrogen (secondary N) is 2. The summed E-state index contributed by atoms with van der Waals surface area (Å²) < 4.78 is 18.2. The van der Waals surface area contributed by atoms with E-state index >= 15 is 0 Å². The van der Waals surface area contributed by atoms with Crippen LogP contribution in [0.25, 0.3) is 0 Å². The van der Waals surface area contributed by atoms with Gasteiger partial charge in [-0.15, -0.1) is 0 Å². The van der Waals surface area contributed by atoms with E-state index in [9.17, 15) is 9.18 Å². The van der Waals surface area contributed by atoms with Gasteiger partial charge in [-0.3, -0.25) is 5.10 Å². The number of benzene rings is 1. The molecule has 0 unspecified atom stereocenters. The maximum Gasteiger partial charge on any atom is 0.337 e. The van der Waals surface area contributed by atoms with Crippen molar-refractivity contribution in [3.63, 3.8) is 0 Å². The summed E-state index contributed by atoms with van der Waals surface area (Å²) in [7, 11) is 1.29. The molecule has 100 valence electrons. The highest BCUT2D eigenvalue weighted by Gasteiger charge is 2.10. The number of rotatable bonds is 4. The lowest BCUT2D eigenvalue weighted by Gasteiger charge is -2.08. The highest BCUT2D eigenvalue weighted by molar-refractivity contribution is 5.90. The van der Waals surface area contributed by atoms with Gasteiger partial charge in [0.1, 0.15) is 5.82 Å². The van der Waals surface area contributed by atoms with Crippen LogP contribution in [0.3, 0.4) is 0 Å². The van der Waals surface area contributed by atoms with Gasteiger partial charge in [-0.05, 0) is 25.1 Å². The van der Waals surface area contributed by atoms with E-state index in [0.717, 1.165) is 11.3 Å². The van der Waals surface area contributed by atoms with Gasteiger partial charge in [0, 0.05) is 17.8 Å². The Labute approximate surface area is 109 Å². The van der Waals surface area contributed by atoms with Crippen LogP contribution in [0.5, 0.6) is 0 Å². The highest BCUT2D eigenvalue weighted by atomic mass is 19.1. The van der Waals surface area contributed by atoms with Crippen LogP contribution in [0.4, 0.5) is 10.1 Å². The Morgan fingerprint density at radius 3 is 2.95 bits per heavy atom. The Hall–Kier alpha value is -2.37. The van der Waals surface area contributed by atoms with E-state index in [1.165, 1.54) is 25.3 Å². The maximum atomic E-state index is 13.6. The van der Waals surface area contributed by atoms with Gasteiger partial charge in [0.05, 0.1) is 24.6 Å². The first-order valence-electron chi connectivity index (χ1n) is 5.72. The number of aromatic amines is 1. The number of anilines is 1. The lowest BCUT2D eigenvalue weighted by Crippen LogP contribution is -2.06. The molecular weight excluding hydrogens is 249 g/mol. The van der Waals surface area contributed by atoms with E-state index in [2.05, 4.69) is 20.3 Å². The van der Waals surface area contributed by atoms with Crippen molar-refractivity contribution in [2.75, 3.05) is 12.4 Å². The molecule has 1 aromatic heterocycles. The molecule has 0 aliphatic rings. The zero-order valence-corrected chi connectivity index (χ0v) is 10.7. The van der Waals surface area contributed by atoms with Gasteiger partial charge in [0.25, 0.3) is 0 Å². The SMILES string of the molecule is COC(=O)c1ccc(F)c(NCc2cn[nH]c2C)c1. The van der Waals surface area contributed by atoms with Gasteiger partial charge in [-0.25, -0.2) is 9.18 Å². The van der Waals surface area contributed by atoms with Gasteiger partial charge in [0.2, 0.25) is 0 Å². The summed E-state index contributed by atoms with van der Waals surface area (Å²) in [5, 5.41) is 9.62. The molecule has 0 aliphatic carbocycles. The number of methoxy groups -OCH3 is 1. The quantitative estimate of drug-likeness (QED) is 0.830. The predicted molar refractivity (Wildman–Crippen MR) is 68.4 cm³/mol. The Bertz CT molecular complexity index is 595. The minimum Gasteiger partial charge on any atom is -0.465 e. The Balaban J connectivity index is 2.15. The monoisotopic (exact) mass is 263 g/mol. The number of hydrogen-bond donors (Lipinski definition) is 2. The first-order valence-corrected chi connectivity index (χ1v) is 5.72. The van der Waals surface area contributed by atoms with Gasteiger partial charge < -0.3 is 10.1 Å². The van der Waals surface area contributed by atoms with Gasteiger partial charge >= 0.3 is 5.97 Å².